The van der Waals surface area contributed by atoms with Crippen molar-refractivity contribution in [2.45, 2.75) is 32.1 Å². The van der Waals surface area contributed by atoms with Crippen LogP contribution in [-0.2, 0) is 4.79 Å². The molecule has 20 heavy (non-hydrogen) atoms. The van der Waals surface area contributed by atoms with Crippen LogP contribution in [0.2, 0.25) is 0 Å². The first kappa shape index (κ1) is 17.1. The Morgan fingerprint density at radius 2 is 1.85 bits per heavy atom. The van der Waals surface area contributed by atoms with Gasteiger partial charge >= 0.3 is 0 Å². The minimum Gasteiger partial charge on any atom is -0.354 e. The van der Waals surface area contributed by atoms with Crippen LogP contribution >= 0.6 is 11.8 Å². The van der Waals surface area contributed by atoms with Gasteiger partial charge in [0.1, 0.15) is 6.04 Å². The molecule has 0 saturated heterocycles. The van der Waals surface area contributed by atoms with Crippen LogP contribution in [0.1, 0.15) is 31.0 Å². The Morgan fingerprint density at radius 3 is 2.35 bits per heavy atom. The molecule has 0 bridgehead atoms. The lowest BCUT2D eigenvalue weighted by Crippen LogP contribution is -2.38. The number of hydrogen-bond donors (Lipinski definition) is 1. The first-order chi connectivity index (χ1) is 9.41. The highest BCUT2D eigenvalue weighted by Crippen LogP contribution is 2.19. The van der Waals surface area contributed by atoms with Gasteiger partial charge < -0.3 is 5.32 Å². The Bertz CT molecular complexity index is 415. The highest BCUT2D eigenvalue weighted by Gasteiger charge is 2.22. The minimum atomic E-state index is -0.223. The van der Waals surface area contributed by atoms with Gasteiger partial charge in [-0.2, -0.15) is 11.8 Å². The summed E-state index contributed by atoms with van der Waals surface area (Å²) in [7, 11) is 3.87. The van der Waals surface area contributed by atoms with Gasteiger partial charge in [0.05, 0.1) is 0 Å². The zero-order valence-corrected chi connectivity index (χ0v) is 14.0. The van der Waals surface area contributed by atoms with Gasteiger partial charge in [0.2, 0.25) is 5.91 Å². The molecule has 0 heterocycles. The molecule has 112 valence electrons. The third kappa shape index (κ3) is 5.55. The number of amides is 1. The van der Waals surface area contributed by atoms with E-state index in [4.69, 9.17) is 0 Å². The highest BCUT2D eigenvalue weighted by atomic mass is 32.2. The number of benzene rings is 1. The first-order valence-electron chi connectivity index (χ1n) is 7.04. The summed E-state index contributed by atoms with van der Waals surface area (Å²) in [5.74, 6) is 1.03. The molecule has 1 N–H and O–H groups in total. The standard InChI is InChI=1S/C16H26N2OS/c1-12(2)20-11-10-17-16(19)15(18(4)5)14-8-6-13(3)7-9-14/h6-9,12,15H,10-11H2,1-5H3,(H,17,19)/t15-/m1/s1. The van der Waals surface area contributed by atoms with Gasteiger partial charge in [-0.1, -0.05) is 43.7 Å². The average Bonchev–Trinajstić information content (AvgIpc) is 2.36. The SMILES string of the molecule is Cc1ccc([C@H](C(=O)NCCSC(C)C)N(C)C)cc1. The zero-order valence-electron chi connectivity index (χ0n) is 13.1. The lowest BCUT2D eigenvalue weighted by molar-refractivity contribution is -0.125. The van der Waals surface area contributed by atoms with Gasteiger partial charge in [-0.15, -0.1) is 0 Å². The van der Waals surface area contributed by atoms with Gasteiger partial charge in [0.15, 0.2) is 0 Å². The van der Waals surface area contributed by atoms with Crippen LogP contribution in [0.3, 0.4) is 0 Å². The van der Waals surface area contributed by atoms with Gasteiger partial charge in [0.25, 0.3) is 0 Å². The fourth-order valence-corrected chi connectivity index (χ4v) is 2.69. The topological polar surface area (TPSA) is 32.3 Å². The van der Waals surface area contributed by atoms with Crippen LogP contribution in [0.5, 0.6) is 0 Å². The maximum atomic E-state index is 12.4. The summed E-state index contributed by atoms with van der Waals surface area (Å²) in [4.78, 5) is 14.3. The van der Waals surface area contributed by atoms with Gasteiger partial charge in [-0.3, -0.25) is 9.69 Å². The van der Waals surface area contributed by atoms with E-state index in [1.165, 1.54) is 5.56 Å². The van der Waals surface area contributed by atoms with Crippen LogP contribution in [0.25, 0.3) is 0 Å². The predicted molar refractivity (Wildman–Crippen MR) is 88.2 cm³/mol. The van der Waals surface area contributed by atoms with E-state index in [9.17, 15) is 4.79 Å². The van der Waals surface area contributed by atoms with Gasteiger partial charge in [0, 0.05) is 12.3 Å². The minimum absolute atomic E-state index is 0.0724. The number of aryl methyl sites for hydroxylation is 1. The predicted octanol–water partition coefficient (Wildman–Crippen LogP) is 2.86. The Labute approximate surface area is 127 Å². The van der Waals surface area contributed by atoms with E-state index in [1.54, 1.807) is 0 Å². The molecule has 1 rings (SSSR count). The second-order valence-electron chi connectivity index (χ2n) is 5.49. The number of nitrogens with one attached hydrogen (secondary N) is 1. The molecule has 0 radical (unpaired) electrons. The molecule has 0 unspecified atom stereocenters. The fraction of sp³-hybridized carbons (Fsp3) is 0.562. The van der Waals surface area contributed by atoms with Crippen LogP contribution in [0, 0.1) is 6.92 Å². The van der Waals surface area contributed by atoms with Crippen molar-refractivity contribution >= 4 is 17.7 Å². The molecule has 0 aliphatic heterocycles. The zero-order chi connectivity index (χ0) is 15.1. The Hall–Kier alpha value is -1.00. The van der Waals surface area contributed by atoms with Crippen molar-refractivity contribution in [1.29, 1.82) is 0 Å². The van der Waals surface area contributed by atoms with E-state index in [-0.39, 0.29) is 11.9 Å². The summed E-state index contributed by atoms with van der Waals surface area (Å²) in [5, 5.41) is 3.64. The summed E-state index contributed by atoms with van der Waals surface area (Å²) in [5.41, 5.74) is 2.25. The molecule has 1 amide bonds. The Morgan fingerprint density at radius 1 is 1.25 bits per heavy atom. The second-order valence-corrected chi connectivity index (χ2v) is 7.17. The van der Waals surface area contributed by atoms with Crippen LogP contribution in [0.4, 0.5) is 0 Å². The third-order valence-corrected chi connectivity index (χ3v) is 4.12. The number of thioether (sulfide) groups is 1. The summed E-state index contributed by atoms with van der Waals surface area (Å²) in [6, 6.07) is 7.94. The largest absolute Gasteiger partial charge is 0.354 e. The maximum Gasteiger partial charge on any atom is 0.241 e. The highest BCUT2D eigenvalue weighted by molar-refractivity contribution is 7.99. The molecule has 3 nitrogen and oxygen atoms in total. The van der Waals surface area contributed by atoms with Crippen LogP contribution in [0.15, 0.2) is 24.3 Å². The van der Waals surface area contributed by atoms with Crippen molar-refractivity contribution in [2.24, 2.45) is 0 Å². The van der Waals surface area contributed by atoms with E-state index in [1.807, 2.05) is 55.0 Å². The summed E-state index contributed by atoms with van der Waals surface area (Å²) >= 11 is 1.86. The molecule has 0 spiro atoms. The molecule has 0 saturated carbocycles. The van der Waals surface area contributed by atoms with Crippen molar-refractivity contribution < 1.29 is 4.79 Å². The lowest BCUT2D eigenvalue weighted by atomic mass is 10.0. The molecule has 0 aliphatic rings. The van der Waals surface area contributed by atoms with Gasteiger partial charge in [-0.05, 0) is 31.8 Å². The Kier molecular flexibility index (Phi) is 7.10. The molecule has 1 atom stereocenters. The number of carbonyl (C=O) groups excluding carboxylic acids is 1. The molecule has 4 heteroatoms. The number of hydrogen-bond acceptors (Lipinski definition) is 3. The Balaban J connectivity index is 2.62. The van der Waals surface area contributed by atoms with Crippen molar-refractivity contribution in [3.63, 3.8) is 0 Å². The van der Waals surface area contributed by atoms with E-state index in [0.717, 1.165) is 17.9 Å². The van der Waals surface area contributed by atoms with Crippen molar-refractivity contribution in [1.82, 2.24) is 10.2 Å². The van der Waals surface area contributed by atoms with E-state index in [2.05, 4.69) is 26.1 Å². The monoisotopic (exact) mass is 294 g/mol. The molecular formula is C16H26N2OS. The van der Waals surface area contributed by atoms with Crippen molar-refractivity contribution in [2.75, 3.05) is 26.4 Å². The molecule has 0 aliphatic carbocycles. The van der Waals surface area contributed by atoms with Gasteiger partial charge in [-0.25, -0.2) is 0 Å². The number of likely N-dealkylation sites (N-methyl/N-ethyl adjacent to an activating group) is 1. The van der Waals surface area contributed by atoms with E-state index >= 15 is 0 Å². The van der Waals surface area contributed by atoms with E-state index < -0.39 is 0 Å². The summed E-state index contributed by atoms with van der Waals surface area (Å²) < 4.78 is 0. The maximum absolute atomic E-state index is 12.4. The smallest absolute Gasteiger partial charge is 0.241 e. The fourth-order valence-electron chi connectivity index (χ4n) is 2.00. The molecule has 0 fully saturated rings. The number of nitrogens with zero attached hydrogens (tertiary/aromatic N) is 1. The lowest BCUT2D eigenvalue weighted by Gasteiger charge is -2.24. The van der Waals surface area contributed by atoms with Crippen molar-refractivity contribution in [3.8, 4) is 0 Å². The average molecular weight is 294 g/mol. The summed E-state index contributed by atoms with van der Waals surface area (Å²) in [6.07, 6.45) is 0. The van der Waals surface area contributed by atoms with Crippen molar-refractivity contribution in [3.05, 3.63) is 35.4 Å². The molecule has 0 aromatic heterocycles. The van der Waals surface area contributed by atoms with Crippen LogP contribution in [-0.4, -0.2) is 42.4 Å². The molecular weight excluding hydrogens is 268 g/mol. The second kappa shape index (κ2) is 8.32. The summed E-state index contributed by atoms with van der Waals surface area (Å²) in [6.45, 7) is 7.11. The molecule has 1 aromatic rings. The van der Waals surface area contributed by atoms with Crippen LogP contribution < -0.4 is 5.32 Å². The third-order valence-electron chi connectivity index (χ3n) is 3.01. The molecule has 1 aromatic carbocycles. The first-order valence-corrected chi connectivity index (χ1v) is 8.09. The quantitative estimate of drug-likeness (QED) is 0.785. The number of rotatable bonds is 7. The van der Waals surface area contributed by atoms with E-state index in [0.29, 0.717) is 5.25 Å². The number of carbonyl (C=O) groups is 1. The normalized spacial score (nSPS) is 12.8.